The van der Waals surface area contributed by atoms with Crippen molar-refractivity contribution < 1.29 is 34.8 Å². The van der Waals surface area contributed by atoms with Gasteiger partial charge in [-0.3, -0.25) is 0 Å². The number of nitrogen functional groups attached to an aromatic ring is 1. The Balaban J connectivity index is 0. The number of carbonyl (C=O) groups is 2. The number of nitrogens with two attached hydrogens (primary N) is 1. The van der Waals surface area contributed by atoms with Crippen molar-refractivity contribution >= 4 is 52.2 Å². The van der Waals surface area contributed by atoms with E-state index in [2.05, 4.69) is 9.97 Å². The topological polar surface area (TPSA) is 176 Å². The number of aromatic nitrogens is 2. The number of hydrogen-bond acceptors (Lipinski definition) is 7. The van der Waals surface area contributed by atoms with Crippen LogP contribution in [0, 0.1) is 0 Å². The van der Waals surface area contributed by atoms with E-state index in [1.54, 1.807) is 0 Å². The Kier molecular flexibility index (Phi) is 19.4. The van der Waals surface area contributed by atoms with Crippen LogP contribution in [0.25, 0.3) is 10.3 Å². The number of benzene rings is 2. The van der Waals surface area contributed by atoms with Crippen molar-refractivity contribution in [3.63, 3.8) is 0 Å². The van der Waals surface area contributed by atoms with Gasteiger partial charge >= 0.3 is 12.3 Å². The molecule has 12 heteroatoms. The number of hydrogen-bond donors (Lipinski definition) is 5. The van der Waals surface area contributed by atoms with Crippen LogP contribution in [0.4, 0.5) is 15.4 Å². The molecule has 2 aromatic carbocycles. The maximum atomic E-state index is 8.56. The second-order valence-corrected chi connectivity index (χ2v) is 6.96. The predicted octanol–water partition coefficient (Wildman–Crippen LogP) is 6.30. The van der Waals surface area contributed by atoms with Gasteiger partial charge in [0.25, 0.3) is 5.88 Å². The van der Waals surface area contributed by atoms with Crippen LogP contribution in [0.3, 0.4) is 0 Å². The SMILES string of the molecule is CC(C)Oc1nc2ccsc2nc1N.Cl.O=C(O)O.O=C(O)O.c1ccccc1.c1ccccc1. The number of rotatable bonds is 2. The minimum Gasteiger partial charge on any atom is -0.472 e. The Morgan fingerprint density at radius 1 is 0.800 bits per heavy atom. The molecule has 0 saturated heterocycles. The third kappa shape index (κ3) is 20.3. The van der Waals surface area contributed by atoms with Crippen molar-refractivity contribution in [1.82, 2.24) is 9.97 Å². The van der Waals surface area contributed by atoms with Crippen LogP contribution in [-0.4, -0.2) is 48.8 Å². The quantitative estimate of drug-likeness (QED) is 0.199. The minimum atomic E-state index is -1.83. The summed E-state index contributed by atoms with van der Waals surface area (Å²) < 4.78 is 5.43. The van der Waals surface area contributed by atoms with Crippen molar-refractivity contribution in [2.45, 2.75) is 20.0 Å². The van der Waals surface area contributed by atoms with Crippen LogP contribution in [0.1, 0.15) is 13.8 Å². The summed E-state index contributed by atoms with van der Waals surface area (Å²) in [7, 11) is 0. The van der Waals surface area contributed by atoms with Crippen molar-refractivity contribution in [2.75, 3.05) is 5.73 Å². The number of ether oxygens (including phenoxy) is 1. The molecule has 0 saturated carbocycles. The zero-order valence-corrected chi connectivity index (χ0v) is 20.6. The molecule has 4 aromatic rings. The Hall–Kier alpha value is -4.09. The molecule has 0 aliphatic rings. The fourth-order valence-corrected chi connectivity index (χ4v) is 2.58. The Labute approximate surface area is 212 Å². The van der Waals surface area contributed by atoms with Crippen molar-refractivity contribution in [1.29, 1.82) is 0 Å². The summed E-state index contributed by atoms with van der Waals surface area (Å²) >= 11 is 1.52. The molecule has 35 heavy (non-hydrogen) atoms. The first kappa shape index (κ1) is 33.1. The van der Waals surface area contributed by atoms with E-state index in [0.29, 0.717) is 11.7 Å². The molecule has 0 radical (unpaired) electrons. The van der Waals surface area contributed by atoms with Crippen LogP contribution in [0.5, 0.6) is 5.88 Å². The van der Waals surface area contributed by atoms with E-state index in [9.17, 15) is 0 Å². The fraction of sp³-hybridized carbons (Fsp3) is 0.130. The number of carboxylic acid groups (broad SMARTS) is 4. The van der Waals surface area contributed by atoms with Crippen molar-refractivity contribution in [3.8, 4) is 5.88 Å². The maximum Gasteiger partial charge on any atom is 0.503 e. The zero-order valence-electron chi connectivity index (χ0n) is 19.0. The highest BCUT2D eigenvalue weighted by Crippen LogP contribution is 2.24. The maximum absolute atomic E-state index is 8.56. The van der Waals surface area contributed by atoms with Crippen LogP contribution in [0.15, 0.2) is 84.2 Å². The largest absolute Gasteiger partial charge is 0.503 e. The van der Waals surface area contributed by atoms with E-state index in [0.717, 1.165) is 10.3 Å². The van der Waals surface area contributed by atoms with E-state index in [1.807, 2.05) is 98.1 Å². The lowest BCUT2D eigenvalue weighted by Gasteiger charge is -2.09. The highest BCUT2D eigenvalue weighted by atomic mass is 35.5. The minimum absolute atomic E-state index is 0. The van der Waals surface area contributed by atoms with Gasteiger partial charge in [0.1, 0.15) is 10.3 Å². The lowest BCUT2D eigenvalue weighted by molar-refractivity contribution is 0.135. The van der Waals surface area contributed by atoms with Gasteiger partial charge in [-0.2, -0.15) is 0 Å². The summed E-state index contributed by atoms with van der Waals surface area (Å²) in [6.45, 7) is 3.86. The molecule has 0 spiro atoms. The van der Waals surface area contributed by atoms with E-state index in [1.165, 1.54) is 11.3 Å². The molecule has 0 amide bonds. The molecular weight excluding hydrogens is 498 g/mol. The summed E-state index contributed by atoms with van der Waals surface area (Å²) in [4.78, 5) is 26.4. The summed E-state index contributed by atoms with van der Waals surface area (Å²) in [5, 5.41) is 29.8. The first-order chi connectivity index (χ1) is 16.1. The van der Waals surface area contributed by atoms with Gasteiger partial charge in [0, 0.05) is 0 Å². The van der Waals surface area contributed by atoms with E-state index in [4.69, 9.17) is 40.5 Å². The van der Waals surface area contributed by atoms with Crippen molar-refractivity contribution in [2.24, 2.45) is 0 Å². The van der Waals surface area contributed by atoms with Crippen LogP contribution in [-0.2, 0) is 0 Å². The molecule has 0 atom stereocenters. The second-order valence-electron chi connectivity index (χ2n) is 6.07. The molecule has 2 aromatic heterocycles. The molecule has 0 fully saturated rings. The molecule has 10 nitrogen and oxygen atoms in total. The van der Waals surface area contributed by atoms with E-state index >= 15 is 0 Å². The van der Waals surface area contributed by atoms with Gasteiger partial charge in [-0.1, -0.05) is 72.8 Å². The summed E-state index contributed by atoms with van der Waals surface area (Å²) in [6, 6.07) is 25.9. The average Bonchev–Trinajstić information content (AvgIpc) is 3.23. The van der Waals surface area contributed by atoms with Gasteiger partial charge in [-0.05, 0) is 25.3 Å². The highest BCUT2D eigenvalue weighted by Gasteiger charge is 2.08. The molecule has 190 valence electrons. The zero-order chi connectivity index (χ0) is 25.8. The smallest absolute Gasteiger partial charge is 0.472 e. The Bertz CT molecular complexity index is 964. The fourth-order valence-electron chi connectivity index (χ4n) is 1.87. The van der Waals surface area contributed by atoms with Gasteiger partial charge in [0.05, 0.1) is 6.10 Å². The van der Waals surface area contributed by atoms with Gasteiger partial charge < -0.3 is 30.9 Å². The molecular formula is C23H28ClN3O7S. The van der Waals surface area contributed by atoms with Crippen LogP contribution < -0.4 is 10.5 Å². The molecule has 0 aliphatic heterocycles. The summed E-state index contributed by atoms with van der Waals surface area (Å²) in [5.41, 5.74) is 6.54. The molecule has 0 unspecified atom stereocenters. The first-order valence-electron chi connectivity index (χ1n) is 9.64. The van der Waals surface area contributed by atoms with Crippen LogP contribution >= 0.6 is 23.7 Å². The van der Waals surface area contributed by atoms with Gasteiger partial charge in [-0.25, -0.2) is 19.6 Å². The molecule has 4 rings (SSSR count). The monoisotopic (exact) mass is 525 g/mol. The second kappa shape index (κ2) is 20.5. The number of fused-ring (bicyclic) bond motifs is 1. The molecule has 0 aliphatic carbocycles. The van der Waals surface area contributed by atoms with Crippen molar-refractivity contribution in [3.05, 3.63) is 84.2 Å². The Morgan fingerprint density at radius 3 is 1.46 bits per heavy atom. The lowest BCUT2D eigenvalue weighted by Crippen LogP contribution is -2.09. The highest BCUT2D eigenvalue weighted by molar-refractivity contribution is 7.16. The number of thiophene rings is 1. The third-order valence-electron chi connectivity index (χ3n) is 2.97. The number of nitrogens with zero attached hydrogens (tertiary/aromatic N) is 2. The van der Waals surface area contributed by atoms with Crippen LogP contribution in [0.2, 0.25) is 0 Å². The van der Waals surface area contributed by atoms with Gasteiger partial charge in [0.15, 0.2) is 5.82 Å². The average molecular weight is 526 g/mol. The number of halogens is 1. The molecule has 6 N–H and O–H groups in total. The third-order valence-corrected chi connectivity index (χ3v) is 3.76. The predicted molar refractivity (Wildman–Crippen MR) is 139 cm³/mol. The van der Waals surface area contributed by atoms with Gasteiger partial charge in [-0.15, -0.1) is 23.7 Å². The summed E-state index contributed by atoms with van der Waals surface area (Å²) in [6.07, 6.45) is -3.61. The Morgan fingerprint density at radius 2 is 1.14 bits per heavy atom. The first-order valence-corrected chi connectivity index (χ1v) is 10.5. The lowest BCUT2D eigenvalue weighted by atomic mass is 10.4. The molecule has 0 bridgehead atoms. The molecule has 2 heterocycles. The van der Waals surface area contributed by atoms with E-state index in [-0.39, 0.29) is 18.5 Å². The summed E-state index contributed by atoms with van der Waals surface area (Å²) in [5.74, 6) is 0.777. The van der Waals surface area contributed by atoms with Gasteiger partial charge in [0.2, 0.25) is 0 Å². The standard InChI is InChI=1S/C9H11N3OS.2C6H6.2CH2O3.ClH/c1-5(2)13-8-7(10)12-9-6(11-8)3-4-14-9;2*1-2-4-6-5-3-1;2*2-1(3)4;/h3-5H,1-2H3,(H2,10,12);2*1-6H;2*(H2,2,3,4);1H. The normalized spacial score (nSPS) is 8.54. The number of anilines is 1. The van der Waals surface area contributed by atoms with E-state index < -0.39 is 12.3 Å².